The molecule has 0 saturated heterocycles. The fourth-order valence-corrected chi connectivity index (χ4v) is 4.17. The van der Waals surface area contributed by atoms with E-state index in [1.54, 1.807) is 31.2 Å². The molecule has 1 heterocycles. The molecule has 162 valence electrons. The molecule has 1 fully saturated rings. The molecule has 1 amide bonds. The zero-order chi connectivity index (χ0) is 21.8. The number of aromatic nitrogens is 2. The maximum atomic E-state index is 12.7. The largest absolute Gasteiger partial charge is 0.548 e. The Labute approximate surface area is 174 Å². The van der Waals surface area contributed by atoms with Crippen molar-refractivity contribution in [3.63, 3.8) is 0 Å². The first-order valence-corrected chi connectivity index (χ1v) is 10.5. The molecule has 30 heavy (non-hydrogen) atoms. The maximum Gasteiger partial charge on any atom is 0.328 e. The van der Waals surface area contributed by atoms with Crippen molar-refractivity contribution in [2.24, 2.45) is 17.8 Å². The molecule has 0 spiro atoms. The highest BCUT2D eigenvalue weighted by Crippen LogP contribution is 2.30. The Morgan fingerprint density at radius 1 is 1.20 bits per heavy atom. The van der Waals surface area contributed by atoms with Crippen LogP contribution in [0.1, 0.15) is 46.0 Å². The normalized spacial score (nSPS) is 21.1. The van der Waals surface area contributed by atoms with Crippen molar-refractivity contribution in [3.05, 3.63) is 45.1 Å². The number of nitrogens with one attached hydrogen (secondary N) is 2. The third-order valence-electron chi connectivity index (χ3n) is 6.31. The summed E-state index contributed by atoms with van der Waals surface area (Å²) in [6.07, 6.45) is 3.20. The van der Waals surface area contributed by atoms with Gasteiger partial charge in [-0.25, -0.2) is 4.79 Å². The van der Waals surface area contributed by atoms with E-state index in [1.165, 1.54) is 4.57 Å². The van der Waals surface area contributed by atoms with Crippen molar-refractivity contribution in [1.82, 2.24) is 14.9 Å². The van der Waals surface area contributed by atoms with E-state index < -0.39 is 17.7 Å². The van der Waals surface area contributed by atoms with Gasteiger partial charge in [-0.3, -0.25) is 14.2 Å². The van der Waals surface area contributed by atoms with E-state index in [4.69, 9.17) is 0 Å². The summed E-state index contributed by atoms with van der Waals surface area (Å²) in [5, 5.41) is 14.4. The number of fused-ring (bicyclic) bond motifs is 1. The number of H-pyrrole nitrogens is 1. The molecule has 3 rings (SSSR count). The van der Waals surface area contributed by atoms with Gasteiger partial charge in [0.1, 0.15) is 0 Å². The van der Waals surface area contributed by atoms with Crippen LogP contribution in [-0.2, 0) is 16.1 Å². The molecule has 0 radical (unpaired) electrons. The molecule has 0 aliphatic heterocycles. The average molecular weight is 414 g/mol. The first kappa shape index (κ1) is 21.8. The number of aromatic amines is 1. The van der Waals surface area contributed by atoms with Crippen molar-refractivity contribution in [3.8, 4) is 0 Å². The van der Waals surface area contributed by atoms with E-state index in [-0.39, 0.29) is 29.2 Å². The third-order valence-corrected chi connectivity index (χ3v) is 6.31. The van der Waals surface area contributed by atoms with E-state index in [0.29, 0.717) is 49.6 Å². The molecule has 1 aliphatic carbocycles. The molecular formula is C22H28N3O5-. The second-order valence-electron chi connectivity index (χ2n) is 8.30. The summed E-state index contributed by atoms with van der Waals surface area (Å²) in [6.45, 7) is 3.95. The molecule has 1 aliphatic rings. The van der Waals surface area contributed by atoms with E-state index in [1.807, 2.05) is 6.92 Å². The highest BCUT2D eigenvalue weighted by Gasteiger charge is 2.29. The number of hydrogen-bond donors (Lipinski definition) is 2. The van der Waals surface area contributed by atoms with Crippen LogP contribution in [0.5, 0.6) is 0 Å². The van der Waals surface area contributed by atoms with Gasteiger partial charge in [-0.15, -0.1) is 0 Å². The average Bonchev–Trinajstić information content (AvgIpc) is 2.74. The number of para-hydroxylation sites is 1. The minimum Gasteiger partial charge on any atom is -0.548 e. The third kappa shape index (κ3) is 4.63. The molecule has 0 unspecified atom stereocenters. The lowest BCUT2D eigenvalue weighted by Gasteiger charge is -2.31. The molecule has 1 aromatic heterocycles. The monoisotopic (exact) mass is 414 g/mol. The number of rotatable bonds is 7. The summed E-state index contributed by atoms with van der Waals surface area (Å²) in [5.74, 6) is -1.88. The van der Waals surface area contributed by atoms with Gasteiger partial charge >= 0.3 is 5.69 Å². The lowest BCUT2D eigenvalue weighted by atomic mass is 9.81. The van der Waals surface area contributed by atoms with Crippen LogP contribution < -0.4 is 21.7 Å². The maximum absolute atomic E-state index is 12.7. The molecule has 2 aromatic rings. The Kier molecular flexibility index (Phi) is 6.74. The lowest BCUT2D eigenvalue weighted by molar-refractivity contribution is -0.309. The number of benzene rings is 1. The molecule has 2 atom stereocenters. The standard InChI is InChI=1S/C22H29N3O5/c1-3-13(2)18(21(28)29)24-19(26)15-10-8-14(9-11-15)12-25-20(27)16-6-4-5-7-17(16)23-22(25)30/h4-7,13-15,18H,3,8-12H2,1-2H3,(H,23,30)(H,24,26)(H,28,29)/p-1/t13-,14?,15?,18+/m1/s1. The topological polar surface area (TPSA) is 124 Å². The summed E-state index contributed by atoms with van der Waals surface area (Å²) < 4.78 is 1.24. The highest BCUT2D eigenvalue weighted by atomic mass is 16.4. The number of carbonyl (C=O) groups is 2. The van der Waals surface area contributed by atoms with E-state index in [2.05, 4.69) is 10.3 Å². The Morgan fingerprint density at radius 3 is 2.50 bits per heavy atom. The number of carbonyl (C=O) groups excluding carboxylic acids is 2. The SMILES string of the molecule is CC[C@@H](C)[C@H](NC(=O)C1CCC(Cn2c(=O)[nH]c3ccccc3c2=O)CC1)C(=O)[O-]. The van der Waals surface area contributed by atoms with Crippen molar-refractivity contribution in [2.75, 3.05) is 0 Å². The van der Waals surface area contributed by atoms with Crippen LogP contribution in [0.4, 0.5) is 0 Å². The molecular weight excluding hydrogens is 386 g/mol. The van der Waals surface area contributed by atoms with Crippen LogP contribution in [0, 0.1) is 17.8 Å². The van der Waals surface area contributed by atoms with Crippen LogP contribution >= 0.6 is 0 Å². The molecule has 8 heteroatoms. The number of amides is 1. The molecule has 0 bridgehead atoms. The summed E-state index contributed by atoms with van der Waals surface area (Å²) in [7, 11) is 0. The minimum absolute atomic E-state index is 0.112. The van der Waals surface area contributed by atoms with Crippen LogP contribution in [0.2, 0.25) is 0 Å². The van der Waals surface area contributed by atoms with E-state index in [0.717, 1.165) is 0 Å². The van der Waals surface area contributed by atoms with Gasteiger partial charge in [-0.1, -0.05) is 32.4 Å². The van der Waals surface area contributed by atoms with Crippen molar-refractivity contribution >= 4 is 22.8 Å². The number of hydrogen-bond acceptors (Lipinski definition) is 5. The van der Waals surface area contributed by atoms with Crippen molar-refractivity contribution < 1.29 is 14.7 Å². The fraction of sp³-hybridized carbons (Fsp3) is 0.545. The van der Waals surface area contributed by atoms with Crippen molar-refractivity contribution in [1.29, 1.82) is 0 Å². The van der Waals surface area contributed by atoms with Gasteiger partial charge in [-0.2, -0.15) is 0 Å². The van der Waals surface area contributed by atoms with Gasteiger partial charge in [0.05, 0.1) is 22.9 Å². The predicted octanol–water partition coefficient (Wildman–Crippen LogP) is 0.777. The van der Waals surface area contributed by atoms with Crippen LogP contribution in [-0.4, -0.2) is 27.5 Å². The first-order chi connectivity index (χ1) is 14.3. The molecule has 8 nitrogen and oxygen atoms in total. The lowest BCUT2D eigenvalue weighted by Crippen LogP contribution is -2.53. The second-order valence-corrected chi connectivity index (χ2v) is 8.30. The minimum atomic E-state index is -1.26. The summed E-state index contributed by atoms with van der Waals surface area (Å²) in [4.78, 5) is 51.7. The Balaban J connectivity index is 1.63. The second kappa shape index (κ2) is 9.28. The van der Waals surface area contributed by atoms with Gasteiger partial charge in [0, 0.05) is 12.5 Å². The van der Waals surface area contributed by atoms with Crippen LogP contribution in [0.3, 0.4) is 0 Å². The van der Waals surface area contributed by atoms with Crippen molar-refractivity contribution in [2.45, 2.75) is 58.5 Å². The zero-order valence-electron chi connectivity index (χ0n) is 17.3. The summed E-state index contributed by atoms with van der Waals surface area (Å²) in [6, 6.07) is 5.92. The van der Waals surface area contributed by atoms with E-state index >= 15 is 0 Å². The number of carboxylic acids is 1. The fourth-order valence-electron chi connectivity index (χ4n) is 4.17. The molecule has 1 aromatic carbocycles. The Bertz CT molecular complexity index is 1030. The predicted molar refractivity (Wildman–Crippen MR) is 111 cm³/mol. The quantitative estimate of drug-likeness (QED) is 0.693. The first-order valence-electron chi connectivity index (χ1n) is 10.5. The smallest absolute Gasteiger partial charge is 0.328 e. The van der Waals surface area contributed by atoms with Crippen LogP contribution in [0.25, 0.3) is 10.9 Å². The number of carboxylic acid groups (broad SMARTS) is 1. The number of aliphatic carboxylic acids is 1. The Hall–Kier alpha value is -2.90. The highest BCUT2D eigenvalue weighted by molar-refractivity contribution is 5.84. The molecule has 2 N–H and O–H groups in total. The van der Waals surface area contributed by atoms with Gasteiger partial charge in [0.2, 0.25) is 5.91 Å². The zero-order valence-corrected chi connectivity index (χ0v) is 17.3. The van der Waals surface area contributed by atoms with Gasteiger partial charge in [0.25, 0.3) is 5.56 Å². The summed E-state index contributed by atoms with van der Waals surface area (Å²) >= 11 is 0. The van der Waals surface area contributed by atoms with Gasteiger partial charge in [-0.05, 0) is 49.7 Å². The summed E-state index contributed by atoms with van der Waals surface area (Å²) in [5.41, 5.74) is -0.212. The Morgan fingerprint density at radius 2 is 1.87 bits per heavy atom. The van der Waals surface area contributed by atoms with Gasteiger partial charge in [0.15, 0.2) is 0 Å². The van der Waals surface area contributed by atoms with Gasteiger partial charge < -0.3 is 20.2 Å². The number of nitrogens with zero attached hydrogens (tertiary/aromatic N) is 1. The molecule has 1 saturated carbocycles. The van der Waals surface area contributed by atoms with Crippen LogP contribution in [0.15, 0.2) is 33.9 Å². The van der Waals surface area contributed by atoms with E-state index in [9.17, 15) is 24.3 Å².